The number of methoxy groups -OCH3 is 1. The maximum Gasteiger partial charge on any atom is 0.187 e. The highest BCUT2D eigenvalue weighted by Crippen LogP contribution is 2.27. The summed E-state index contributed by atoms with van der Waals surface area (Å²) < 4.78 is 7.41. The topological polar surface area (TPSA) is 87.0 Å². The van der Waals surface area contributed by atoms with E-state index in [2.05, 4.69) is 42.3 Å². The van der Waals surface area contributed by atoms with Gasteiger partial charge in [-0.05, 0) is 94.9 Å². The lowest BCUT2D eigenvalue weighted by Crippen LogP contribution is -2.38. The molecule has 0 aliphatic heterocycles. The molecule has 1 heterocycles. The average molecular weight is 488 g/mol. The molecule has 0 amide bonds. The van der Waals surface area contributed by atoms with E-state index in [1.54, 1.807) is 7.11 Å². The Morgan fingerprint density at radius 1 is 1.09 bits per heavy atom. The van der Waals surface area contributed by atoms with E-state index in [1.807, 2.05) is 65.9 Å². The molecule has 4 N–H and O–H groups in total. The lowest BCUT2D eigenvalue weighted by molar-refractivity contribution is 0.415. The van der Waals surface area contributed by atoms with Gasteiger partial charge >= 0.3 is 0 Å². The third kappa shape index (κ3) is 7.26. The summed E-state index contributed by atoms with van der Waals surface area (Å²) in [7, 11) is 3.69. The summed E-state index contributed by atoms with van der Waals surface area (Å²) in [5.74, 6) is 0.813. The van der Waals surface area contributed by atoms with Gasteiger partial charge in [0.05, 0.1) is 12.8 Å². The van der Waals surface area contributed by atoms with Gasteiger partial charge in [-0.2, -0.15) is 10.2 Å². The van der Waals surface area contributed by atoms with Crippen molar-refractivity contribution >= 4 is 46.1 Å². The molecule has 0 atom stereocenters. The van der Waals surface area contributed by atoms with Crippen molar-refractivity contribution < 1.29 is 4.74 Å². The number of aromatic nitrogens is 1. The number of nitrogens with zero attached hydrogens (tertiary/aromatic N) is 3. The number of rotatable bonds is 8. The van der Waals surface area contributed by atoms with Crippen molar-refractivity contribution in [2.75, 3.05) is 13.7 Å². The van der Waals surface area contributed by atoms with E-state index < -0.39 is 0 Å². The van der Waals surface area contributed by atoms with Crippen molar-refractivity contribution in [3.63, 3.8) is 0 Å². The van der Waals surface area contributed by atoms with Crippen LogP contribution in [0.3, 0.4) is 0 Å². The van der Waals surface area contributed by atoms with Crippen molar-refractivity contribution in [3.8, 4) is 17.0 Å². The van der Waals surface area contributed by atoms with E-state index in [1.165, 1.54) is 0 Å². The summed E-state index contributed by atoms with van der Waals surface area (Å²) in [5, 5.41) is 16.1. The Hall–Kier alpha value is -2.98. The van der Waals surface area contributed by atoms with Crippen LogP contribution in [0.2, 0.25) is 0 Å². The van der Waals surface area contributed by atoms with Crippen molar-refractivity contribution in [2.45, 2.75) is 40.7 Å². The van der Waals surface area contributed by atoms with Crippen LogP contribution in [0.25, 0.3) is 11.3 Å². The number of hydrogen-bond donors (Lipinski definition) is 4. The molecule has 0 spiro atoms. The summed E-state index contributed by atoms with van der Waals surface area (Å²) in [5.41, 5.74) is 11.2. The minimum absolute atomic E-state index is 0.192. The largest absolute Gasteiger partial charge is 0.497 e. The first-order valence-corrected chi connectivity index (χ1v) is 11.5. The second-order valence-electron chi connectivity index (χ2n) is 7.69. The van der Waals surface area contributed by atoms with Crippen molar-refractivity contribution in [2.24, 2.45) is 17.3 Å². The molecule has 0 bridgehead atoms. The first-order chi connectivity index (χ1) is 15.7. The monoisotopic (exact) mass is 487 g/mol. The van der Waals surface area contributed by atoms with E-state index in [4.69, 9.17) is 29.2 Å². The molecule has 0 radical (unpaired) electrons. The van der Waals surface area contributed by atoms with Crippen molar-refractivity contribution in [1.29, 1.82) is 0 Å². The zero-order valence-electron chi connectivity index (χ0n) is 20.2. The summed E-state index contributed by atoms with van der Waals surface area (Å²) in [6, 6.07) is 10.2. The van der Waals surface area contributed by atoms with Gasteiger partial charge in [0.25, 0.3) is 0 Å². The molecule has 0 aliphatic carbocycles. The fourth-order valence-corrected chi connectivity index (χ4v) is 3.57. The minimum Gasteiger partial charge on any atom is -0.497 e. The summed E-state index contributed by atoms with van der Waals surface area (Å²) in [6.45, 7) is 10.6. The highest BCUT2D eigenvalue weighted by Gasteiger charge is 2.18. The zero-order valence-corrected chi connectivity index (χ0v) is 21.9. The molecule has 1 aromatic carbocycles. The summed E-state index contributed by atoms with van der Waals surface area (Å²) >= 11 is 10.6. The predicted molar refractivity (Wildman–Crippen MR) is 145 cm³/mol. The zero-order chi connectivity index (χ0) is 24.5. The fraction of sp³-hybridized carbons (Fsp3) is 0.391. The van der Waals surface area contributed by atoms with Crippen LogP contribution in [0.4, 0.5) is 0 Å². The van der Waals surface area contributed by atoms with Crippen LogP contribution in [0.1, 0.15) is 39.0 Å². The number of benzene rings is 1. The first-order valence-electron chi connectivity index (χ1n) is 10.7. The Balaban J connectivity index is 2.47. The van der Waals surface area contributed by atoms with Gasteiger partial charge in [-0.25, -0.2) is 0 Å². The van der Waals surface area contributed by atoms with Crippen LogP contribution in [0.5, 0.6) is 5.75 Å². The fourth-order valence-electron chi connectivity index (χ4n) is 3.10. The average Bonchev–Trinajstić information content (AvgIpc) is 3.07. The molecule has 0 fully saturated rings. The van der Waals surface area contributed by atoms with E-state index in [9.17, 15) is 0 Å². The molecule has 0 aliphatic rings. The standard InChI is InChI=1S/C23H33N7OS2/c1-8-24-22(32)28-26-15(4)21(27-29-23(33)25-14(2)3)19-13-20(30(6)16(19)5)17-9-11-18(31-7)12-10-17/h9-14H,8H2,1-7H3,(H2,24,28,32)(H2,25,29,33)/b26-15+,27-21-. The van der Waals surface area contributed by atoms with Crippen LogP contribution >= 0.6 is 24.4 Å². The molecule has 2 aromatic rings. The third-order valence-corrected chi connectivity index (χ3v) is 5.32. The third-order valence-electron chi connectivity index (χ3n) is 4.87. The first kappa shape index (κ1) is 26.3. The van der Waals surface area contributed by atoms with Crippen molar-refractivity contribution in [3.05, 3.63) is 41.6 Å². The molecule has 1 aromatic heterocycles. The number of ether oxygens (including phenoxy) is 1. The lowest BCUT2D eigenvalue weighted by atomic mass is 10.1. The Kier molecular flexibility index (Phi) is 9.80. The highest BCUT2D eigenvalue weighted by atomic mass is 32.1. The van der Waals surface area contributed by atoms with E-state index >= 15 is 0 Å². The van der Waals surface area contributed by atoms with Gasteiger partial charge in [0, 0.05) is 36.6 Å². The minimum atomic E-state index is 0.192. The molecule has 8 nitrogen and oxygen atoms in total. The normalized spacial score (nSPS) is 11.9. The molecule has 33 heavy (non-hydrogen) atoms. The molecule has 0 saturated carbocycles. The molecule has 0 unspecified atom stereocenters. The smallest absolute Gasteiger partial charge is 0.187 e. The van der Waals surface area contributed by atoms with Crippen LogP contribution in [-0.2, 0) is 7.05 Å². The van der Waals surface area contributed by atoms with Crippen molar-refractivity contribution in [1.82, 2.24) is 26.1 Å². The molecule has 0 saturated heterocycles. The highest BCUT2D eigenvalue weighted by molar-refractivity contribution is 7.80. The van der Waals surface area contributed by atoms with Crippen LogP contribution in [0, 0.1) is 6.92 Å². The number of thiocarbonyl (C=S) groups is 2. The predicted octanol–water partition coefficient (Wildman–Crippen LogP) is 3.45. The van der Waals surface area contributed by atoms with Crippen LogP contribution in [-0.4, -0.2) is 45.9 Å². The van der Waals surface area contributed by atoms with Crippen LogP contribution < -0.4 is 26.2 Å². The summed E-state index contributed by atoms with van der Waals surface area (Å²) in [6.07, 6.45) is 0. The molecular formula is C23H33N7OS2. The maximum atomic E-state index is 5.36. The number of hydrazone groups is 2. The van der Waals surface area contributed by atoms with E-state index in [0.29, 0.717) is 28.2 Å². The molecule has 178 valence electrons. The lowest BCUT2D eigenvalue weighted by Gasteiger charge is -2.12. The maximum absolute atomic E-state index is 5.36. The Morgan fingerprint density at radius 3 is 2.30 bits per heavy atom. The van der Waals surface area contributed by atoms with Crippen LogP contribution in [0.15, 0.2) is 40.5 Å². The van der Waals surface area contributed by atoms with Gasteiger partial charge in [0.1, 0.15) is 11.5 Å². The van der Waals surface area contributed by atoms with Gasteiger partial charge < -0.3 is 19.9 Å². The van der Waals surface area contributed by atoms with Gasteiger partial charge in [0.2, 0.25) is 0 Å². The number of nitrogens with one attached hydrogen (secondary N) is 4. The molecular weight excluding hydrogens is 454 g/mol. The molecule has 10 heteroatoms. The second kappa shape index (κ2) is 12.3. The Morgan fingerprint density at radius 2 is 1.73 bits per heavy atom. The Labute approximate surface area is 206 Å². The molecule has 2 rings (SSSR count). The van der Waals surface area contributed by atoms with Gasteiger partial charge in [-0.1, -0.05) is 0 Å². The van der Waals surface area contributed by atoms with Gasteiger partial charge in [-0.3, -0.25) is 10.9 Å². The summed E-state index contributed by atoms with van der Waals surface area (Å²) in [4.78, 5) is 0. The number of hydrogen-bond acceptors (Lipinski definition) is 5. The quantitative estimate of drug-likeness (QED) is 0.258. The van der Waals surface area contributed by atoms with E-state index in [-0.39, 0.29) is 6.04 Å². The Bertz CT molecular complexity index is 1040. The van der Waals surface area contributed by atoms with Gasteiger partial charge in [-0.15, -0.1) is 0 Å². The van der Waals surface area contributed by atoms with Gasteiger partial charge in [0.15, 0.2) is 10.2 Å². The SMILES string of the molecule is CCNC(=S)N/N=C(C)/C(=N/NC(=S)NC(C)C)c1cc(-c2ccc(OC)cc2)n(C)c1C. The second-order valence-corrected chi connectivity index (χ2v) is 8.50. The van der Waals surface area contributed by atoms with E-state index in [0.717, 1.165) is 28.3 Å².